The lowest BCUT2D eigenvalue weighted by Crippen LogP contribution is -2.45. The Morgan fingerprint density at radius 1 is 1.15 bits per heavy atom. The fourth-order valence-corrected chi connectivity index (χ4v) is 7.40. The van der Waals surface area contributed by atoms with Crippen molar-refractivity contribution >= 4 is 63.6 Å². The lowest BCUT2D eigenvalue weighted by atomic mass is 9.74. The van der Waals surface area contributed by atoms with Crippen LogP contribution in [0.25, 0.3) is 5.52 Å². The van der Waals surface area contributed by atoms with Gasteiger partial charge in [-0.3, -0.25) is 4.40 Å². The summed E-state index contributed by atoms with van der Waals surface area (Å²) in [6.07, 6.45) is 10.1. The Bertz CT molecular complexity index is 1360. The minimum atomic E-state index is -0.0593. The molecule has 1 fully saturated rings. The number of pyridine rings is 1. The van der Waals surface area contributed by atoms with Crippen molar-refractivity contribution in [1.29, 1.82) is 0 Å². The zero-order valence-corrected chi connectivity index (χ0v) is 20.6. The number of nitrogen functional groups attached to an aromatic ring is 1. The number of nitrogens with two attached hydrogens (primary N) is 2. The topological polar surface area (TPSA) is 111 Å². The first-order valence-corrected chi connectivity index (χ1v) is 12.9. The molecule has 2 aliphatic rings. The van der Waals surface area contributed by atoms with Crippen LogP contribution in [0.15, 0.2) is 40.8 Å². The summed E-state index contributed by atoms with van der Waals surface area (Å²) >= 11 is 15.5. The van der Waals surface area contributed by atoms with Crippen molar-refractivity contribution in [2.24, 2.45) is 11.1 Å². The lowest BCUT2D eigenvalue weighted by Gasteiger charge is -2.42. The van der Waals surface area contributed by atoms with E-state index in [-0.39, 0.29) is 11.5 Å². The van der Waals surface area contributed by atoms with Crippen LogP contribution in [-0.2, 0) is 6.42 Å². The van der Waals surface area contributed by atoms with Crippen LogP contribution in [0, 0.1) is 5.41 Å². The van der Waals surface area contributed by atoms with Crippen molar-refractivity contribution in [2.45, 2.75) is 35.1 Å². The van der Waals surface area contributed by atoms with E-state index in [0.717, 1.165) is 59.3 Å². The van der Waals surface area contributed by atoms with E-state index in [0.29, 0.717) is 15.3 Å². The third kappa shape index (κ3) is 3.47. The standard InChI is InChI=1S/C21H20Cl2N8S2/c22-15-12(1-4-27-18(15)25)32-14-9-28-20(31-10-26-8-11(14)31)30-5-2-21(3-6-30)7-13-16(17(21)24)29-19(23)33-13/h1,4,8-10,17H,2-3,5-7,24H2,(H2,25,27)/t17-/m1/s1. The number of thiazole rings is 1. The fraction of sp³-hybridized carbons (Fsp3) is 0.333. The van der Waals surface area contributed by atoms with E-state index in [1.165, 1.54) is 16.6 Å². The van der Waals surface area contributed by atoms with Crippen LogP contribution in [0.1, 0.15) is 29.5 Å². The Hall–Kier alpha value is -2.11. The monoisotopic (exact) mass is 518 g/mol. The molecular weight excluding hydrogens is 499 g/mol. The van der Waals surface area contributed by atoms with Gasteiger partial charge in [0.25, 0.3) is 0 Å². The smallest absolute Gasteiger partial charge is 0.211 e. The van der Waals surface area contributed by atoms with Crippen LogP contribution in [0.5, 0.6) is 0 Å². The molecule has 4 N–H and O–H groups in total. The number of halogens is 2. The average molecular weight is 519 g/mol. The second-order valence-electron chi connectivity index (χ2n) is 8.46. The molecular formula is C21H20Cl2N8S2. The number of anilines is 2. The number of rotatable bonds is 3. The normalized spacial score (nSPS) is 19.5. The summed E-state index contributed by atoms with van der Waals surface area (Å²) in [4.78, 5) is 23.0. The van der Waals surface area contributed by atoms with Crippen LogP contribution in [0.4, 0.5) is 11.8 Å². The predicted molar refractivity (Wildman–Crippen MR) is 132 cm³/mol. The quantitative estimate of drug-likeness (QED) is 0.408. The Kier molecular flexibility index (Phi) is 5.19. The highest BCUT2D eigenvalue weighted by molar-refractivity contribution is 7.99. The van der Waals surface area contributed by atoms with Crippen molar-refractivity contribution in [3.8, 4) is 0 Å². The molecule has 1 atom stereocenters. The first-order chi connectivity index (χ1) is 15.9. The molecule has 8 nitrogen and oxygen atoms in total. The van der Waals surface area contributed by atoms with Crippen molar-refractivity contribution in [1.82, 2.24) is 24.3 Å². The van der Waals surface area contributed by atoms with Crippen LogP contribution >= 0.6 is 46.3 Å². The largest absolute Gasteiger partial charge is 0.382 e. The lowest BCUT2D eigenvalue weighted by molar-refractivity contribution is 0.185. The maximum absolute atomic E-state index is 6.65. The molecule has 12 heteroatoms. The van der Waals surface area contributed by atoms with Gasteiger partial charge in [0.15, 0.2) is 4.47 Å². The second-order valence-corrected chi connectivity index (χ2v) is 11.6. The van der Waals surface area contributed by atoms with Gasteiger partial charge < -0.3 is 16.4 Å². The van der Waals surface area contributed by atoms with Crippen molar-refractivity contribution < 1.29 is 0 Å². The number of piperidine rings is 1. The molecule has 170 valence electrons. The van der Waals surface area contributed by atoms with Crippen molar-refractivity contribution in [3.05, 3.63) is 51.0 Å². The number of nitrogens with zero attached hydrogens (tertiary/aromatic N) is 6. The molecule has 0 amide bonds. The van der Waals surface area contributed by atoms with E-state index >= 15 is 0 Å². The SMILES string of the molecule is Nc1nccc(Sc2cnc(N3CCC4(CC3)Cc3sc(Cl)nc3[C@H]4N)n3cncc23)c1Cl. The van der Waals surface area contributed by atoms with Gasteiger partial charge in [-0.15, -0.1) is 11.3 Å². The van der Waals surface area contributed by atoms with Gasteiger partial charge in [-0.05, 0) is 30.7 Å². The maximum Gasteiger partial charge on any atom is 0.211 e. The third-order valence-corrected chi connectivity index (χ3v) is 9.49. The molecule has 0 radical (unpaired) electrons. The molecule has 0 aromatic carbocycles. The molecule has 1 spiro atoms. The molecule has 0 bridgehead atoms. The number of fused-ring (bicyclic) bond motifs is 2. The van der Waals surface area contributed by atoms with E-state index in [1.54, 1.807) is 23.9 Å². The second kappa shape index (κ2) is 7.99. The van der Waals surface area contributed by atoms with Gasteiger partial charge in [-0.25, -0.2) is 19.9 Å². The van der Waals surface area contributed by atoms with Gasteiger partial charge in [-0.2, -0.15) is 0 Å². The third-order valence-electron chi connectivity index (χ3n) is 6.71. The van der Waals surface area contributed by atoms with Gasteiger partial charge in [-0.1, -0.05) is 35.0 Å². The molecule has 0 unspecified atom stereocenters. The van der Waals surface area contributed by atoms with Gasteiger partial charge in [0.05, 0.1) is 33.4 Å². The molecule has 5 heterocycles. The molecule has 6 rings (SSSR count). The summed E-state index contributed by atoms with van der Waals surface area (Å²) in [5.41, 5.74) is 14.5. The highest BCUT2D eigenvalue weighted by atomic mass is 35.5. The number of hydrogen-bond donors (Lipinski definition) is 2. The Balaban J connectivity index is 1.25. The highest BCUT2D eigenvalue weighted by Crippen LogP contribution is 2.52. The van der Waals surface area contributed by atoms with Crippen molar-refractivity contribution in [3.63, 3.8) is 0 Å². The molecule has 4 aromatic rings. The minimum Gasteiger partial charge on any atom is -0.382 e. The summed E-state index contributed by atoms with van der Waals surface area (Å²) < 4.78 is 2.62. The summed E-state index contributed by atoms with van der Waals surface area (Å²) in [5.74, 6) is 1.19. The summed E-state index contributed by atoms with van der Waals surface area (Å²) in [5, 5.41) is 0.447. The Morgan fingerprint density at radius 2 is 1.97 bits per heavy atom. The Labute approximate surface area is 208 Å². The van der Waals surface area contributed by atoms with Crippen LogP contribution < -0.4 is 16.4 Å². The van der Waals surface area contributed by atoms with Crippen LogP contribution in [-0.4, -0.2) is 37.4 Å². The first kappa shape index (κ1) is 21.4. The van der Waals surface area contributed by atoms with Gasteiger partial charge in [0, 0.05) is 35.3 Å². The van der Waals surface area contributed by atoms with E-state index in [4.69, 9.17) is 39.7 Å². The average Bonchev–Trinajstić information content (AvgIpc) is 3.49. The number of imidazole rings is 1. The highest BCUT2D eigenvalue weighted by Gasteiger charge is 2.48. The number of aromatic nitrogens is 5. The Morgan fingerprint density at radius 3 is 2.76 bits per heavy atom. The molecule has 1 saturated heterocycles. The van der Waals surface area contributed by atoms with Crippen LogP contribution in [0.2, 0.25) is 9.49 Å². The molecule has 0 saturated carbocycles. The zero-order chi connectivity index (χ0) is 22.7. The number of hydrogen-bond acceptors (Lipinski definition) is 9. The minimum absolute atomic E-state index is 0.0527. The van der Waals surface area contributed by atoms with E-state index < -0.39 is 0 Å². The van der Waals surface area contributed by atoms with Crippen LogP contribution in [0.3, 0.4) is 0 Å². The molecule has 1 aliphatic carbocycles. The van der Waals surface area contributed by atoms with Gasteiger partial charge in [0.1, 0.15) is 12.1 Å². The van der Waals surface area contributed by atoms with E-state index in [2.05, 4.69) is 19.9 Å². The fourth-order valence-electron chi connectivity index (χ4n) is 4.90. The van der Waals surface area contributed by atoms with Gasteiger partial charge in [0.2, 0.25) is 5.95 Å². The van der Waals surface area contributed by atoms with E-state index in [9.17, 15) is 0 Å². The predicted octanol–water partition coefficient (Wildman–Crippen LogP) is 4.46. The summed E-state index contributed by atoms with van der Waals surface area (Å²) in [7, 11) is 0. The first-order valence-electron chi connectivity index (χ1n) is 10.5. The van der Waals surface area contributed by atoms with Gasteiger partial charge >= 0.3 is 0 Å². The van der Waals surface area contributed by atoms with Crippen molar-refractivity contribution in [2.75, 3.05) is 23.7 Å². The summed E-state index contributed by atoms with van der Waals surface area (Å²) in [6.45, 7) is 1.74. The maximum atomic E-state index is 6.65. The molecule has 1 aliphatic heterocycles. The summed E-state index contributed by atoms with van der Waals surface area (Å²) in [6, 6.07) is 1.79. The zero-order valence-electron chi connectivity index (χ0n) is 17.4. The molecule has 33 heavy (non-hydrogen) atoms. The van der Waals surface area contributed by atoms with E-state index in [1.807, 2.05) is 22.9 Å². The molecule has 4 aromatic heterocycles.